The Bertz CT molecular complexity index is 560. The molecule has 102 valence electrons. The van der Waals surface area contributed by atoms with Gasteiger partial charge in [0.05, 0.1) is 12.1 Å². The van der Waals surface area contributed by atoms with E-state index in [4.69, 9.17) is 9.84 Å². The van der Waals surface area contributed by atoms with E-state index in [2.05, 4.69) is 11.5 Å². The van der Waals surface area contributed by atoms with Crippen molar-refractivity contribution in [3.05, 3.63) is 30.5 Å². The molecule has 0 amide bonds. The van der Waals surface area contributed by atoms with Gasteiger partial charge in [-0.1, -0.05) is 13.0 Å². The van der Waals surface area contributed by atoms with E-state index >= 15 is 0 Å². The molecule has 0 saturated heterocycles. The van der Waals surface area contributed by atoms with E-state index in [1.165, 1.54) is 0 Å². The van der Waals surface area contributed by atoms with Crippen molar-refractivity contribution >= 4 is 16.9 Å². The number of nitrogens with zero attached hydrogens (tertiary/aromatic N) is 1. The molecule has 1 aromatic heterocycles. The molecule has 4 nitrogen and oxygen atoms in total. The highest BCUT2D eigenvalue weighted by molar-refractivity contribution is 5.86. The first-order valence-corrected chi connectivity index (χ1v) is 6.65. The maximum atomic E-state index is 10.5. The van der Waals surface area contributed by atoms with Gasteiger partial charge >= 0.3 is 5.97 Å². The van der Waals surface area contributed by atoms with Crippen molar-refractivity contribution in [2.45, 2.75) is 32.7 Å². The zero-order valence-electron chi connectivity index (χ0n) is 11.1. The van der Waals surface area contributed by atoms with Gasteiger partial charge in [-0.05, 0) is 31.0 Å². The number of aryl methyl sites for hydroxylation is 1. The molecule has 4 heteroatoms. The summed E-state index contributed by atoms with van der Waals surface area (Å²) >= 11 is 0. The largest absolute Gasteiger partial charge is 0.493 e. The molecule has 0 radical (unpaired) electrons. The predicted octanol–water partition coefficient (Wildman–Crippen LogP) is 3.29. The van der Waals surface area contributed by atoms with Crippen molar-refractivity contribution in [1.82, 2.24) is 4.57 Å². The Hall–Kier alpha value is -1.97. The summed E-state index contributed by atoms with van der Waals surface area (Å²) in [6, 6.07) is 8.01. The van der Waals surface area contributed by atoms with Gasteiger partial charge in [-0.25, -0.2) is 0 Å². The van der Waals surface area contributed by atoms with Crippen molar-refractivity contribution in [1.29, 1.82) is 0 Å². The first-order valence-electron chi connectivity index (χ1n) is 6.65. The normalized spacial score (nSPS) is 10.8. The molecule has 0 aliphatic carbocycles. The number of carboxylic acids is 1. The molecule has 0 spiro atoms. The Morgan fingerprint density at radius 3 is 2.95 bits per heavy atom. The number of carboxylic acid groups (broad SMARTS) is 1. The molecule has 0 unspecified atom stereocenters. The van der Waals surface area contributed by atoms with Gasteiger partial charge in [-0.3, -0.25) is 4.79 Å². The van der Waals surface area contributed by atoms with Gasteiger partial charge in [-0.15, -0.1) is 0 Å². The van der Waals surface area contributed by atoms with Crippen molar-refractivity contribution < 1.29 is 14.6 Å². The van der Waals surface area contributed by atoms with Crippen LogP contribution in [0.5, 0.6) is 5.75 Å². The molecule has 0 fully saturated rings. The van der Waals surface area contributed by atoms with Gasteiger partial charge in [-0.2, -0.15) is 0 Å². The highest BCUT2D eigenvalue weighted by Crippen LogP contribution is 2.27. The van der Waals surface area contributed by atoms with Crippen LogP contribution in [-0.2, 0) is 11.3 Å². The Labute approximate surface area is 112 Å². The number of ether oxygens (including phenoxy) is 1. The summed E-state index contributed by atoms with van der Waals surface area (Å²) in [6.07, 6.45) is 3.81. The molecular weight excluding hydrogens is 242 g/mol. The van der Waals surface area contributed by atoms with Crippen LogP contribution in [-0.4, -0.2) is 22.2 Å². The van der Waals surface area contributed by atoms with Gasteiger partial charge in [0.1, 0.15) is 5.75 Å². The smallest absolute Gasteiger partial charge is 0.303 e. The molecule has 1 aromatic carbocycles. The number of rotatable bonds is 7. The lowest BCUT2D eigenvalue weighted by Gasteiger charge is -2.08. The zero-order valence-corrected chi connectivity index (χ0v) is 11.1. The number of hydrogen-bond acceptors (Lipinski definition) is 2. The predicted molar refractivity (Wildman–Crippen MR) is 74.6 cm³/mol. The first kappa shape index (κ1) is 13.5. The van der Waals surface area contributed by atoms with Crippen LogP contribution in [0.1, 0.15) is 26.2 Å². The third-order valence-corrected chi connectivity index (χ3v) is 3.03. The molecule has 2 aromatic rings. The summed E-state index contributed by atoms with van der Waals surface area (Å²) in [4.78, 5) is 10.5. The summed E-state index contributed by atoms with van der Waals surface area (Å²) in [6.45, 7) is 3.51. The van der Waals surface area contributed by atoms with E-state index in [1.807, 2.05) is 30.5 Å². The number of fused-ring (bicyclic) bond motifs is 1. The van der Waals surface area contributed by atoms with Crippen LogP contribution < -0.4 is 4.74 Å². The summed E-state index contributed by atoms with van der Waals surface area (Å²) < 4.78 is 7.80. The van der Waals surface area contributed by atoms with Gasteiger partial charge in [0, 0.05) is 24.5 Å². The van der Waals surface area contributed by atoms with Crippen LogP contribution in [0.3, 0.4) is 0 Å². The van der Waals surface area contributed by atoms with Crippen molar-refractivity contribution in [2.24, 2.45) is 0 Å². The average molecular weight is 261 g/mol. The minimum absolute atomic E-state index is 0.200. The molecular formula is C15H19NO3. The van der Waals surface area contributed by atoms with Crippen molar-refractivity contribution in [3.8, 4) is 5.75 Å². The highest BCUT2D eigenvalue weighted by Gasteiger charge is 2.06. The van der Waals surface area contributed by atoms with Crippen molar-refractivity contribution in [3.63, 3.8) is 0 Å². The van der Waals surface area contributed by atoms with E-state index in [0.717, 1.165) is 23.1 Å². The molecule has 2 rings (SSSR count). The maximum absolute atomic E-state index is 10.5. The number of aliphatic carboxylic acids is 1. The summed E-state index contributed by atoms with van der Waals surface area (Å²) in [5.41, 5.74) is 1.10. The van der Waals surface area contributed by atoms with E-state index < -0.39 is 5.97 Å². The maximum Gasteiger partial charge on any atom is 0.303 e. The third-order valence-electron chi connectivity index (χ3n) is 3.03. The van der Waals surface area contributed by atoms with Crippen LogP contribution in [0.15, 0.2) is 30.5 Å². The van der Waals surface area contributed by atoms with Crippen molar-refractivity contribution in [2.75, 3.05) is 6.61 Å². The molecule has 19 heavy (non-hydrogen) atoms. The minimum atomic E-state index is -0.747. The number of hydrogen-bond donors (Lipinski definition) is 1. The fourth-order valence-electron chi connectivity index (χ4n) is 2.13. The van der Waals surface area contributed by atoms with Crippen LogP contribution in [0.2, 0.25) is 0 Å². The number of benzene rings is 1. The minimum Gasteiger partial charge on any atom is -0.493 e. The molecule has 0 aliphatic rings. The van der Waals surface area contributed by atoms with Gasteiger partial charge in [0.15, 0.2) is 0 Å². The lowest BCUT2D eigenvalue weighted by molar-refractivity contribution is -0.137. The Morgan fingerprint density at radius 2 is 2.21 bits per heavy atom. The number of aromatic nitrogens is 1. The zero-order chi connectivity index (χ0) is 13.7. The fraction of sp³-hybridized carbons (Fsp3) is 0.400. The van der Waals surface area contributed by atoms with Crippen LogP contribution in [0.4, 0.5) is 0 Å². The molecule has 0 saturated carbocycles. The molecule has 0 bridgehead atoms. The standard InChI is InChI=1S/C15H19NO3/c1-2-11-19-14-6-3-5-13-12(14)8-10-16(13)9-4-7-15(17)18/h3,5-6,8,10H,2,4,7,9,11H2,1H3,(H,17,18). The Kier molecular flexibility index (Phi) is 4.44. The lowest BCUT2D eigenvalue weighted by atomic mass is 10.2. The summed E-state index contributed by atoms with van der Waals surface area (Å²) in [5, 5.41) is 9.76. The second-order valence-corrected chi connectivity index (χ2v) is 4.54. The molecule has 1 N–H and O–H groups in total. The van der Waals surface area contributed by atoms with Gasteiger partial charge in [0.2, 0.25) is 0 Å². The monoisotopic (exact) mass is 261 g/mol. The summed E-state index contributed by atoms with van der Waals surface area (Å²) in [7, 11) is 0. The van der Waals surface area contributed by atoms with Gasteiger partial charge in [0.25, 0.3) is 0 Å². The highest BCUT2D eigenvalue weighted by atomic mass is 16.5. The summed E-state index contributed by atoms with van der Waals surface area (Å²) in [5.74, 6) is 0.153. The topological polar surface area (TPSA) is 51.5 Å². The van der Waals surface area contributed by atoms with E-state index in [9.17, 15) is 4.79 Å². The van der Waals surface area contributed by atoms with Gasteiger partial charge < -0.3 is 14.4 Å². The lowest BCUT2D eigenvalue weighted by Crippen LogP contribution is -2.01. The second kappa shape index (κ2) is 6.27. The quantitative estimate of drug-likeness (QED) is 0.832. The second-order valence-electron chi connectivity index (χ2n) is 4.54. The number of carbonyl (C=O) groups is 1. The third kappa shape index (κ3) is 3.28. The van der Waals surface area contributed by atoms with E-state index in [1.54, 1.807) is 0 Å². The molecule has 0 atom stereocenters. The molecule has 0 aliphatic heterocycles. The first-order chi connectivity index (χ1) is 9.22. The fourth-order valence-corrected chi connectivity index (χ4v) is 2.13. The van der Waals surface area contributed by atoms with Crippen LogP contribution in [0.25, 0.3) is 10.9 Å². The SMILES string of the molecule is CCCOc1cccc2c1ccn2CCCC(=O)O. The molecule has 1 heterocycles. The Morgan fingerprint density at radius 1 is 1.37 bits per heavy atom. The van der Waals surface area contributed by atoms with Crippen LogP contribution in [0, 0.1) is 0 Å². The van der Waals surface area contributed by atoms with E-state index in [0.29, 0.717) is 19.6 Å². The van der Waals surface area contributed by atoms with E-state index in [-0.39, 0.29) is 6.42 Å². The Balaban J connectivity index is 2.15. The average Bonchev–Trinajstić information content (AvgIpc) is 2.80. The van der Waals surface area contributed by atoms with Crippen LogP contribution >= 0.6 is 0 Å².